The fourth-order valence-corrected chi connectivity index (χ4v) is 3.07. The number of rotatable bonds is 6. The van der Waals surface area contributed by atoms with Crippen molar-refractivity contribution in [3.63, 3.8) is 0 Å². The molecule has 1 aliphatic rings. The van der Waals surface area contributed by atoms with Crippen molar-refractivity contribution in [1.82, 2.24) is 20.2 Å². The van der Waals surface area contributed by atoms with Crippen molar-refractivity contribution in [1.29, 1.82) is 0 Å². The van der Waals surface area contributed by atoms with E-state index >= 15 is 0 Å². The van der Waals surface area contributed by atoms with Gasteiger partial charge in [0.2, 0.25) is 5.91 Å². The minimum Gasteiger partial charge on any atom is -0.350 e. The van der Waals surface area contributed by atoms with Crippen LogP contribution in [0, 0.1) is 5.82 Å². The topological polar surface area (TPSA) is 93.1 Å². The maximum Gasteiger partial charge on any atom is 0.266 e. The van der Waals surface area contributed by atoms with Crippen LogP contribution in [0.1, 0.15) is 41.6 Å². The van der Waals surface area contributed by atoms with Gasteiger partial charge in [-0.25, -0.2) is 9.37 Å². The molecule has 2 amide bonds. The number of hydrogen-bond acceptors (Lipinski definition) is 4. The number of nitrogens with one attached hydrogen (secondary N) is 2. The molecule has 142 valence electrons. The van der Waals surface area contributed by atoms with Crippen molar-refractivity contribution < 1.29 is 14.0 Å². The Morgan fingerprint density at radius 1 is 1.19 bits per heavy atom. The molecule has 27 heavy (non-hydrogen) atoms. The molecule has 1 aromatic carbocycles. The minimum atomic E-state index is -0.558. The fourth-order valence-electron chi connectivity index (χ4n) is 3.07. The number of amides is 2. The van der Waals surface area contributed by atoms with Crippen LogP contribution in [0.4, 0.5) is 4.39 Å². The molecule has 7 nitrogen and oxygen atoms in total. The molecule has 3 rings (SSSR count). The van der Waals surface area contributed by atoms with E-state index in [-0.39, 0.29) is 30.5 Å². The zero-order valence-corrected chi connectivity index (χ0v) is 14.8. The molecule has 0 radical (unpaired) electrons. The predicted molar refractivity (Wildman–Crippen MR) is 96.5 cm³/mol. The van der Waals surface area contributed by atoms with Gasteiger partial charge in [-0.1, -0.05) is 25.0 Å². The average Bonchev–Trinajstić information content (AvgIpc) is 3.16. The van der Waals surface area contributed by atoms with Crippen molar-refractivity contribution in [2.75, 3.05) is 0 Å². The molecule has 1 aliphatic carbocycles. The molecule has 0 unspecified atom stereocenters. The molecule has 1 aromatic heterocycles. The number of hydrogen-bond donors (Lipinski definition) is 2. The molecule has 8 heteroatoms. The smallest absolute Gasteiger partial charge is 0.266 e. The number of halogens is 1. The molecule has 0 saturated heterocycles. The lowest BCUT2D eigenvalue weighted by molar-refractivity contribution is -0.121. The molecule has 1 saturated carbocycles. The highest BCUT2D eigenvalue weighted by Gasteiger charge is 2.20. The van der Waals surface area contributed by atoms with Crippen LogP contribution in [-0.2, 0) is 17.9 Å². The predicted octanol–water partition coefficient (Wildman–Crippen LogP) is 1.37. The Morgan fingerprint density at radius 2 is 1.89 bits per heavy atom. The SMILES string of the molecule is O=C(Cn1cncc(C(=O)NC2CCCC2)c1=O)NCc1ccc(F)cc1. The van der Waals surface area contributed by atoms with Crippen LogP contribution in [0.5, 0.6) is 0 Å². The number of nitrogens with zero attached hydrogens (tertiary/aromatic N) is 2. The zero-order chi connectivity index (χ0) is 19.2. The number of benzene rings is 1. The third-order valence-corrected chi connectivity index (χ3v) is 4.55. The largest absolute Gasteiger partial charge is 0.350 e. The summed E-state index contributed by atoms with van der Waals surface area (Å²) < 4.78 is 14.0. The van der Waals surface area contributed by atoms with Gasteiger partial charge in [0, 0.05) is 18.8 Å². The van der Waals surface area contributed by atoms with Gasteiger partial charge >= 0.3 is 0 Å². The summed E-state index contributed by atoms with van der Waals surface area (Å²) in [6.07, 6.45) is 6.40. The van der Waals surface area contributed by atoms with Gasteiger partial charge in [-0.15, -0.1) is 0 Å². The van der Waals surface area contributed by atoms with E-state index in [1.807, 2.05) is 0 Å². The van der Waals surface area contributed by atoms with Crippen LogP contribution in [0.25, 0.3) is 0 Å². The van der Waals surface area contributed by atoms with E-state index in [9.17, 15) is 18.8 Å². The first kappa shape index (κ1) is 18.8. The van der Waals surface area contributed by atoms with E-state index in [1.54, 1.807) is 12.1 Å². The second kappa shape index (κ2) is 8.57. The monoisotopic (exact) mass is 372 g/mol. The summed E-state index contributed by atoms with van der Waals surface area (Å²) in [5.74, 6) is -1.22. The molecule has 1 heterocycles. The van der Waals surface area contributed by atoms with Gasteiger partial charge in [-0.05, 0) is 30.5 Å². The summed E-state index contributed by atoms with van der Waals surface area (Å²) in [5, 5.41) is 5.50. The van der Waals surface area contributed by atoms with Crippen molar-refractivity contribution in [2.45, 2.75) is 44.8 Å². The summed E-state index contributed by atoms with van der Waals surface area (Å²) in [6.45, 7) is -0.0409. The van der Waals surface area contributed by atoms with E-state index in [1.165, 1.54) is 24.7 Å². The highest BCUT2D eigenvalue weighted by Crippen LogP contribution is 2.17. The Bertz CT molecular complexity index is 873. The zero-order valence-electron chi connectivity index (χ0n) is 14.8. The molecule has 0 spiro atoms. The second-order valence-corrected chi connectivity index (χ2v) is 6.60. The lowest BCUT2D eigenvalue weighted by Crippen LogP contribution is -2.39. The number of carbonyl (C=O) groups excluding carboxylic acids is 2. The van der Waals surface area contributed by atoms with Crippen LogP contribution in [-0.4, -0.2) is 27.4 Å². The summed E-state index contributed by atoms with van der Waals surface area (Å²) in [7, 11) is 0. The van der Waals surface area contributed by atoms with Crippen LogP contribution in [0.15, 0.2) is 41.6 Å². The normalized spacial score (nSPS) is 14.1. The highest BCUT2D eigenvalue weighted by molar-refractivity contribution is 5.93. The summed E-state index contributed by atoms with van der Waals surface area (Å²) in [6, 6.07) is 5.84. The van der Waals surface area contributed by atoms with Gasteiger partial charge in [0.15, 0.2) is 0 Å². The first-order valence-corrected chi connectivity index (χ1v) is 8.89. The Labute approximate surface area is 155 Å². The molecule has 0 bridgehead atoms. The van der Waals surface area contributed by atoms with Crippen molar-refractivity contribution >= 4 is 11.8 Å². The molecule has 0 aliphatic heterocycles. The summed E-state index contributed by atoms with van der Waals surface area (Å²) in [5.41, 5.74) is 0.105. The summed E-state index contributed by atoms with van der Waals surface area (Å²) in [4.78, 5) is 40.8. The lowest BCUT2D eigenvalue weighted by atomic mass is 10.2. The molecular formula is C19H21FN4O3. The Balaban J connectivity index is 1.60. The molecule has 1 fully saturated rings. The number of carbonyl (C=O) groups is 2. The molecular weight excluding hydrogens is 351 g/mol. The van der Waals surface area contributed by atoms with E-state index in [4.69, 9.17) is 0 Å². The van der Waals surface area contributed by atoms with Crippen molar-refractivity contribution in [3.8, 4) is 0 Å². The number of aromatic nitrogens is 2. The molecule has 0 atom stereocenters. The van der Waals surface area contributed by atoms with Gasteiger partial charge in [-0.2, -0.15) is 0 Å². The standard InChI is InChI=1S/C19H21FN4O3/c20-14-7-5-13(6-8-14)9-22-17(25)11-24-12-21-10-16(19(24)27)18(26)23-15-3-1-2-4-15/h5-8,10,12,15H,1-4,9,11H2,(H,22,25)(H,23,26). The van der Waals surface area contributed by atoms with Crippen molar-refractivity contribution in [2.24, 2.45) is 0 Å². The van der Waals surface area contributed by atoms with Gasteiger partial charge in [0.1, 0.15) is 17.9 Å². The average molecular weight is 372 g/mol. The van der Waals surface area contributed by atoms with E-state index < -0.39 is 17.4 Å². The van der Waals surface area contributed by atoms with Gasteiger partial charge in [-0.3, -0.25) is 19.0 Å². The van der Waals surface area contributed by atoms with Gasteiger partial charge in [0.05, 0.1) is 6.33 Å². The van der Waals surface area contributed by atoms with E-state index in [0.29, 0.717) is 0 Å². The van der Waals surface area contributed by atoms with Crippen LogP contribution in [0.3, 0.4) is 0 Å². The highest BCUT2D eigenvalue weighted by atomic mass is 19.1. The maximum atomic E-state index is 12.9. The Morgan fingerprint density at radius 3 is 2.59 bits per heavy atom. The third kappa shape index (κ3) is 4.99. The quantitative estimate of drug-likeness (QED) is 0.801. The minimum absolute atomic E-state index is 0.0734. The van der Waals surface area contributed by atoms with Crippen molar-refractivity contribution in [3.05, 3.63) is 64.1 Å². The van der Waals surface area contributed by atoms with Gasteiger partial charge in [0.25, 0.3) is 11.5 Å². The van der Waals surface area contributed by atoms with E-state index in [2.05, 4.69) is 15.6 Å². The van der Waals surface area contributed by atoms with Crippen LogP contribution in [0.2, 0.25) is 0 Å². The molecule has 2 N–H and O–H groups in total. The third-order valence-electron chi connectivity index (χ3n) is 4.55. The fraction of sp³-hybridized carbons (Fsp3) is 0.368. The second-order valence-electron chi connectivity index (χ2n) is 6.60. The molecule has 2 aromatic rings. The van der Waals surface area contributed by atoms with Gasteiger partial charge < -0.3 is 10.6 Å². The van der Waals surface area contributed by atoms with Crippen LogP contribution < -0.4 is 16.2 Å². The Kier molecular flexibility index (Phi) is 5.95. The van der Waals surface area contributed by atoms with E-state index in [0.717, 1.165) is 35.8 Å². The maximum absolute atomic E-state index is 12.9. The van der Waals surface area contributed by atoms with Crippen LogP contribution >= 0.6 is 0 Å². The lowest BCUT2D eigenvalue weighted by Gasteiger charge is -2.12. The summed E-state index contributed by atoms with van der Waals surface area (Å²) >= 11 is 0. The first-order valence-electron chi connectivity index (χ1n) is 8.89. The first-order chi connectivity index (χ1) is 13.0. The Hall–Kier alpha value is -3.03.